The van der Waals surface area contributed by atoms with Crippen LogP contribution in [0.2, 0.25) is 0 Å². The minimum atomic E-state index is -0.471. The summed E-state index contributed by atoms with van der Waals surface area (Å²) in [5, 5.41) is 12.0. The van der Waals surface area contributed by atoms with E-state index >= 15 is 0 Å². The van der Waals surface area contributed by atoms with Gasteiger partial charge in [0.25, 0.3) is 11.5 Å². The highest BCUT2D eigenvalue weighted by molar-refractivity contribution is 5.97. The largest absolute Gasteiger partial charge is 0.347 e. The van der Waals surface area contributed by atoms with Gasteiger partial charge < -0.3 is 9.88 Å². The predicted molar refractivity (Wildman–Crippen MR) is 125 cm³/mol. The fourth-order valence-electron chi connectivity index (χ4n) is 3.78. The van der Waals surface area contributed by atoms with Crippen LogP contribution in [-0.4, -0.2) is 25.4 Å². The lowest BCUT2D eigenvalue weighted by Gasteiger charge is -2.21. The first-order chi connectivity index (χ1) is 15.2. The first-order valence-electron chi connectivity index (χ1n) is 10.6. The van der Waals surface area contributed by atoms with Gasteiger partial charge in [0.2, 0.25) is 0 Å². The van der Waals surface area contributed by atoms with Crippen LogP contribution in [0.1, 0.15) is 42.3 Å². The summed E-state index contributed by atoms with van der Waals surface area (Å²) >= 11 is 0. The molecule has 4 aromatic rings. The number of hydrogen-bond acceptors (Lipinski definition) is 4. The van der Waals surface area contributed by atoms with Crippen LogP contribution in [0, 0.1) is 12.3 Å². The highest BCUT2D eigenvalue weighted by Crippen LogP contribution is 2.14. The molecule has 0 fully saturated rings. The Kier molecular flexibility index (Phi) is 5.42. The Balaban J connectivity index is 1.98. The van der Waals surface area contributed by atoms with E-state index in [2.05, 4.69) is 5.32 Å². The molecule has 0 saturated heterocycles. The maximum atomic E-state index is 13.4. The number of amides is 1. The number of aryl methyl sites for hydroxylation is 3. The van der Waals surface area contributed by atoms with Crippen molar-refractivity contribution in [2.24, 2.45) is 0 Å². The first kappa shape index (κ1) is 21.5. The van der Waals surface area contributed by atoms with Crippen LogP contribution in [0.15, 0.2) is 59.5 Å². The molecule has 0 radical (unpaired) electrons. The maximum absolute atomic E-state index is 13.4. The van der Waals surface area contributed by atoms with Crippen LogP contribution < -0.4 is 16.4 Å². The SMILES string of the molecule is Cc1cccn2c(=O)c3cc(C(=O)NC(C)(C)C)c(=N)n(CCc4ccccc4)c3nc12. The number of benzene rings is 1. The quantitative estimate of drug-likeness (QED) is 0.488. The Hall–Kier alpha value is -3.74. The zero-order valence-electron chi connectivity index (χ0n) is 18.8. The van der Waals surface area contributed by atoms with Crippen molar-refractivity contribution in [2.75, 3.05) is 0 Å². The van der Waals surface area contributed by atoms with Gasteiger partial charge in [-0.05, 0) is 57.4 Å². The van der Waals surface area contributed by atoms with Crippen LogP contribution in [0.3, 0.4) is 0 Å². The summed E-state index contributed by atoms with van der Waals surface area (Å²) in [6.45, 7) is 7.96. The average molecular weight is 430 g/mol. The van der Waals surface area contributed by atoms with E-state index in [1.54, 1.807) is 16.8 Å². The average Bonchev–Trinajstić information content (AvgIpc) is 2.73. The smallest absolute Gasteiger partial charge is 0.267 e. The van der Waals surface area contributed by atoms with Crippen LogP contribution >= 0.6 is 0 Å². The number of hydrogen-bond donors (Lipinski definition) is 2. The van der Waals surface area contributed by atoms with Crippen molar-refractivity contribution in [1.82, 2.24) is 19.3 Å². The fourth-order valence-corrected chi connectivity index (χ4v) is 3.78. The van der Waals surface area contributed by atoms with Gasteiger partial charge >= 0.3 is 0 Å². The van der Waals surface area contributed by atoms with Crippen LogP contribution in [0.4, 0.5) is 0 Å². The molecule has 7 heteroatoms. The van der Waals surface area contributed by atoms with E-state index in [9.17, 15) is 9.59 Å². The molecule has 0 aliphatic heterocycles. The second-order valence-corrected chi connectivity index (χ2v) is 9.04. The molecule has 0 bridgehead atoms. The van der Waals surface area contributed by atoms with Gasteiger partial charge in [-0.15, -0.1) is 0 Å². The Labute approximate surface area is 185 Å². The highest BCUT2D eigenvalue weighted by atomic mass is 16.2. The fraction of sp³-hybridized carbons (Fsp3) is 0.280. The molecule has 4 rings (SSSR count). The van der Waals surface area contributed by atoms with Gasteiger partial charge in [0.15, 0.2) is 0 Å². The molecule has 0 spiro atoms. The molecule has 0 unspecified atom stereocenters. The number of pyridine rings is 2. The molecule has 1 aromatic carbocycles. The minimum Gasteiger partial charge on any atom is -0.347 e. The topological polar surface area (TPSA) is 92.3 Å². The van der Waals surface area contributed by atoms with E-state index in [0.717, 1.165) is 11.1 Å². The molecular formula is C25H27N5O2. The molecule has 0 atom stereocenters. The third-order valence-corrected chi connectivity index (χ3v) is 5.33. The zero-order valence-corrected chi connectivity index (χ0v) is 18.8. The molecule has 0 aliphatic rings. The van der Waals surface area contributed by atoms with E-state index < -0.39 is 5.54 Å². The number of nitrogens with one attached hydrogen (secondary N) is 2. The molecule has 0 aliphatic carbocycles. The summed E-state index contributed by atoms with van der Waals surface area (Å²) in [6, 6.07) is 15.1. The van der Waals surface area contributed by atoms with Crippen molar-refractivity contribution in [3.63, 3.8) is 0 Å². The van der Waals surface area contributed by atoms with Crippen molar-refractivity contribution >= 4 is 22.6 Å². The van der Waals surface area contributed by atoms with Gasteiger partial charge in [0.1, 0.15) is 16.8 Å². The van der Waals surface area contributed by atoms with Crippen molar-refractivity contribution in [1.29, 1.82) is 5.41 Å². The normalized spacial score (nSPS) is 11.8. The molecule has 3 heterocycles. The van der Waals surface area contributed by atoms with Gasteiger partial charge in [-0.25, -0.2) is 4.98 Å². The summed E-state index contributed by atoms with van der Waals surface area (Å²) in [6.07, 6.45) is 2.32. The minimum absolute atomic E-state index is 0.0417. The van der Waals surface area contributed by atoms with Gasteiger partial charge in [0, 0.05) is 18.3 Å². The number of carbonyl (C=O) groups is 1. The predicted octanol–water partition coefficient (Wildman–Crippen LogP) is 3.21. The number of fused-ring (bicyclic) bond motifs is 2. The van der Waals surface area contributed by atoms with Crippen LogP contribution in [0.25, 0.3) is 16.7 Å². The Morgan fingerprint density at radius 1 is 1.09 bits per heavy atom. The zero-order chi connectivity index (χ0) is 23.0. The lowest BCUT2D eigenvalue weighted by Crippen LogP contribution is -2.43. The van der Waals surface area contributed by atoms with Crippen molar-refractivity contribution in [2.45, 2.75) is 46.2 Å². The number of nitrogens with zero attached hydrogens (tertiary/aromatic N) is 3. The summed E-state index contributed by atoms with van der Waals surface area (Å²) in [5.74, 6) is -0.383. The second-order valence-electron chi connectivity index (χ2n) is 9.04. The van der Waals surface area contributed by atoms with E-state index in [1.807, 2.05) is 64.1 Å². The van der Waals surface area contributed by atoms with E-state index in [0.29, 0.717) is 29.6 Å². The monoisotopic (exact) mass is 429 g/mol. The second kappa shape index (κ2) is 8.07. The van der Waals surface area contributed by atoms with E-state index in [4.69, 9.17) is 10.4 Å². The molecule has 0 saturated carbocycles. The van der Waals surface area contributed by atoms with Crippen molar-refractivity contribution < 1.29 is 4.79 Å². The number of rotatable bonds is 4. The summed E-state index contributed by atoms with van der Waals surface area (Å²) in [4.78, 5) is 31.1. The van der Waals surface area contributed by atoms with E-state index in [1.165, 1.54) is 10.5 Å². The molecule has 7 nitrogen and oxygen atoms in total. The summed E-state index contributed by atoms with van der Waals surface area (Å²) < 4.78 is 3.17. The van der Waals surface area contributed by atoms with Crippen molar-refractivity contribution in [3.8, 4) is 0 Å². The molecule has 2 N–H and O–H groups in total. The standard InChI is InChI=1S/C25H27N5O2/c1-16-9-8-13-30-21(16)27-22-19(24(30)32)15-18(23(31)28-25(2,3)4)20(26)29(22)14-12-17-10-6-5-7-11-17/h5-11,13,15,26H,12,14H2,1-4H3,(H,28,31). The molecule has 1 amide bonds. The number of carbonyl (C=O) groups excluding carboxylic acids is 1. The van der Waals surface area contributed by atoms with Gasteiger partial charge in [-0.2, -0.15) is 0 Å². The lowest BCUT2D eigenvalue weighted by molar-refractivity contribution is 0.0917. The molecule has 164 valence electrons. The van der Waals surface area contributed by atoms with Gasteiger partial charge in [-0.1, -0.05) is 36.4 Å². The highest BCUT2D eigenvalue weighted by Gasteiger charge is 2.21. The maximum Gasteiger partial charge on any atom is 0.267 e. The first-order valence-corrected chi connectivity index (χ1v) is 10.6. The molecular weight excluding hydrogens is 402 g/mol. The number of aromatic nitrogens is 3. The van der Waals surface area contributed by atoms with Crippen molar-refractivity contribution in [3.05, 3.63) is 87.3 Å². The van der Waals surface area contributed by atoms with Gasteiger partial charge in [0.05, 0.1) is 10.9 Å². The summed E-state index contributed by atoms with van der Waals surface area (Å²) in [5.41, 5.74) is 2.40. The third-order valence-electron chi connectivity index (χ3n) is 5.33. The molecule has 3 aromatic heterocycles. The Morgan fingerprint density at radius 3 is 2.50 bits per heavy atom. The van der Waals surface area contributed by atoms with Crippen LogP contribution in [0.5, 0.6) is 0 Å². The van der Waals surface area contributed by atoms with Crippen LogP contribution in [-0.2, 0) is 13.0 Å². The molecule has 32 heavy (non-hydrogen) atoms. The summed E-state index contributed by atoms with van der Waals surface area (Å²) in [7, 11) is 0. The van der Waals surface area contributed by atoms with Gasteiger partial charge in [-0.3, -0.25) is 19.4 Å². The Bertz CT molecular complexity index is 1440. The van der Waals surface area contributed by atoms with E-state index in [-0.39, 0.29) is 22.5 Å². The Morgan fingerprint density at radius 2 is 1.81 bits per heavy atom. The lowest BCUT2D eigenvalue weighted by atomic mass is 10.1. The third kappa shape index (κ3) is 4.06.